The highest BCUT2D eigenvalue weighted by atomic mass is 35.5. The number of anilines is 2. The van der Waals surface area contributed by atoms with Crippen LogP contribution < -0.4 is 10.2 Å². The number of carbonyl (C=O) groups excluding carboxylic acids is 1. The molecule has 5 nitrogen and oxygen atoms in total. The van der Waals surface area contributed by atoms with Crippen molar-refractivity contribution in [1.29, 1.82) is 0 Å². The van der Waals surface area contributed by atoms with Crippen molar-refractivity contribution in [2.45, 2.75) is 26.7 Å². The van der Waals surface area contributed by atoms with Crippen LogP contribution in [0.25, 0.3) is 0 Å². The number of hydrogen-bond donors (Lipinski definition) is 1. The summed E-state index contributed by atoms with van der Waals surface area (Å²) in [6, 6.07) is 8.91. The second-order valence-electron chi connectivity index (χ2n) is 6.26. The molecular weight excluding hydrogens is 324 g/mol. The van der Waals surface area contributed by atoms with E-state index in [1.165, 1.54) is 0 Å². The van der Waals surface area contributed by atoms with Gasteiger partial charge in [-0.1, -0.05) is 30.7 Å². The largest absolute Gasteiger partial charge is 0.356 e. The molecule has 0 radical (unpaired) electrons. The van der Waals surface area contributed by atoms with Gasteiger partial charge in [0, 0.05) is 19.2 Å². The van der Waals surface area contributed by atoms with Crippen LogP contribution in [-0.2, 0) is 0 Å². The summed E-state index contributed by atoms with van der Waals surface area (Å²) in [5, 5.41) is 3.31. The van der Waals surface area contributed by atoms with E-state index in [0.29, 0.717) is 22.2 Å². The van der Waals surface area contributed by atoms with Gasteiger partial charge in [-0.15, -0.1) is 0 Å². The van der Waals surface area contributed by atoms with E-state index in [4.69, 9.17) is 11.6 Å². The molecule has 0 atom stereocenters. The number of halogens is 1. The smallest absolute Gasteiger partial charge is 0.274 e. The average molecular weight is 345 g/mol. The van der Waals surface area contributed by atoms with Crippen molar-refractivity contribution in [3.63, 3.8) is 0 Å². The zero-order valence-corrected chi connectivity index (χ0v) is 14.7. The number of benzene rings is 1. The third-order valence-electron chi connectivity index (χ3n) is 4.29. The van der Waals surface area contributed by atoms with Crippen LogP contribution in [0.3, 0.4) is 0 Å². The van der Waals surface area contributed by atoms with Gasteiger partial charge in [-0.05, 0) is 37.8 Å². The zero-order valence-electron chi connectivity index (χ0n) is 13.9. The predicted molar refractivity (Wildman–Crippen MR) is 96.8 cm³/mol. The molecule has 0 bridgehead atoms. The molecule has 1 aromatic carbocycles. The Balaban J connectivity index is 1.80. The molecule has 2 heterocycles. The standard InChI is InChI=1S/C18H21ClN4O/c1-12-7-9-23(10-8-12)17-11-16(20-13(2)21-17)18(24)22-15-6-4-3-5-14(15)19/h3-6,11-12H,7-10H2,1-2H3,(H,22,24). The highest BCUT2D eigenvalue weighted by Gasteiger charge is 2.19. The number of hydrogen-bond acceptors (Lipinski definition) is 4. The number of rotatable bonds is 3. The van der Waals surface area contributed by atoms with E-state index in [1.54, 1.807) is 18.2 Å². The first-order valence-corrected chi connectivity index (χ1v) is 8.57. The molecule has 126 valence electrons. The van der Waals surface area contributed by atoms with E-state index in [-0.39, 0.29) is 5.91 Å². The molecule has 1 amide bonds. The van der Waals surface area contributed by atoms with E-state index >= 15 is 0 Å². The van der Waals surface area contributed by atoms with Crippen molar-refractivity contribution < 1.29 is 4.79 Å². The molecule has 0 spiro atoms. The van der Waals surface area contributed by atoms with Crippen molar-refractivity contribution >= 4 is 29.0 Å². The Labute approximate surface area is 147 Å². The first kappa shape index (κ1) is 16.7. The van der Waals surface area contributed by atoms with Crippen LogP contribution in [0.5, 0.6) is 0 Å². The van der Waals surface area contributed by atoms with Crippen LogP contribution in [0.2, 0.25) is 5.02 Å². The van der Waals surface area contributed by atoms with Crippen LogP contribution in [0.15, 0.2) is 30.3 Å². The van der Waals surface area contributed by atoms with Crippen LogP contribution in [0.1, 0.15) is 36.1 Å². The number of para-hydroxylation sites is 1. The highest BCUT2D eigenvalue weighted by molar-refractivity contribution is 6.33. The summed E-state index contributed by atoms with van der Waals surface area (Å²) in [7, 11) is 0. The Kier molecular flexibility index (Phi) is 5.00. The van der Waals surface area contributed by atoms with Crippen LogP contribution in [-0.4, -0.2) is 29.0 Å². The zero-order chi connectivity index (χ0) is 17.1. The maximum Gasteiger partial charge on any atom is 0.274 e. The van der Waals surface area contributed by atoms with Crippen LogP contribution in [0.4, 0.5) is 11.5 Å². The van der Waals surface area contributed by atoms with Crippen molar-refractivity contribution in [2.75, 3.05) is 23.3 Å². The molecule has 0 aliphatic carbocycles. The fraction of sp³-hybridized carbons (Fsp3) is 0.389. The molecule has 0 unspecified atom stereocenters. The summed E-state index contributed by atoms with van der Waals surface area (Å²) in [5.41, 5.74) is 0.935. The lowest BCUT2D eigenvalue weighted by Crippen LogP contribution is -2.34. The first-order chi connectivity index (χ1) is 11.5. The van der Waals surface area contributed by atoms with Crippen molar-refractivity contribution in [3.05, 3.63) is 46.9 Å². The van der Waals surface area contributed by atoms with E-state index in [0.717, 1.165) is 37.7 Å². The van der Waals surface area contributed by atoms with Gasteiger partial charge in [-0.25, -0.2) is 9.97 Å². The Bertz CT molecular complexity index is 742. The summed E-state index contributed by atoms with van der Waals surface area (Å²) >= 11 is 6.10. The molecule has 0 saturated carbocycles. The third-order valence-corrected chi connectivity index (χ3v) is 4.62. The molecule has 24 heavy (non-hydrogen) atoms. The number of nitrogens with one attached hydrogen (secondary N) is 1. The minimum Gasteiger partial charge on any atom is -0.356 e. The molecule has 1 N–H and O–H groups in total. The fourth-order valence-electron chi connectivity index (χ4n) is 2.82. The third kappa shape index (κ3) is 3.85. The molecule has 6 heteroatoms. The van der Waals surface area contributed by atoms with Gasteiger partial charge in [0.2, 0.25) is 0 Å². The topological polar surface area (TPSA) is 58.1 Å². The normalized spacial score (nSPS) is 15.4. The van der Waals surface area contributed by atoms with E-state index in [2.05, 4.69) is 27.1 Å². The van der Waals surface area contributed by atoms with Crippen molar-refractivity contribution in [1.82, 2.24) is 9.97 Å². The van der Waals surface area contributed by atoms with Gasteiger partial charge in [0.25, 0.3) is 5.91 Å². The number of carbonyl (C=O) groups is 1. The number of aryl methyl sites for hydroxylation is 1. The SMILES string of the molecule is Cc1nc(C(=O)Nc2ccccc2Cl)cc(N2CCC(C)CC2)n1. The summed E-state index contributed by atoms with van der Waals surface area (Å²) in [6.07, 6.45) is 2.29. The number of amides is 1. The maximum atomic E-state index is 12.5. The predicted octanol–water partition coefficient (Wildman–Crippen LogP) is 3.93. The van der Waals surface area contributed by atoms with Gasteiger partial charge in [-0.2, -0.15) is 0 Å². The Morgan fingerprint density at radius 1 is 1.25 bits per heavy atom. The van der Waals surface area contributed by atoms with Crippen molar-refractivity contribution in [3.8, 4) is 0 Å². The summed E-state index contributed by atoms with van der Waals surface area (Å²) in [4.78, 5) is 23.5. The molecule has 2 aromatic rings. The minimum absolute atomic E-state index is 0.278. The van der Waals surface area contributed by atoms with Gasteiger partial charge in [0.05, 0.1) is 10.7 Å². The van der Waals surface area contributed by atoms with Gasteiger partial charge in [-0.3, -0.25) is 4.79 Å². The van der Waals surface area contributed by atoms with Gasteiger partial charge in [0.15, 0.2) is 0 Å². The Morgan fingerprint density at radius 2 is 1.96 bits per heavy atom. The first-order valence-electron chi connectivity index (χ1n) is 8.19. The average Bonchev–Trinajstić information content (AvgIpc) is 2.57. The quantitative estimate of drug-likeness (QED) is 0.916. The molecular formula is C18H21ClN4O. The van der Waals surface area contributed by atoms with Crippen LogP contribution >= 0.6 is 11.6 Å². The lowest BCUT2D eigenvalue weighted by atomic mass is 9.99. The molecule has 1 saturated heterocycles. The molecule has 1 fully saturated rings. The Morgan fingerprint density at radius 3 is 2.67 bits per heavy atom. The number of nitrogens with zero attached hydrogens (tertiary/aromatic N) is 3. The van der Waals surface area contributed by atoms with E-state index in [9.17, 15) is 4.79 Å². The number of aromatic nitrogens is 2. The molecule has 3 rings (SSSR count). The van der Waals surface area contributed by atoms with Crippen LogP contribution in [0, 0.1) is 12.8 Å². The molecule has 1 aliphatic heterocycles. The summed E-state index contributed by atoms with van der Waals surface area (Å²) in [5.74, 6) is 1.88. The highest BCUT2D eigenvalue weighted by Crippen LogP contribution is 2.24. The van der Waals surface area contributed by atoms with Gasteiger partial charge in [0.1, 0.15) is 17.3 Å². The maximum absolute atomic E-state index is 12.5. The Hall–Kier alpha value is -2.14. The summed E-state index contributed by atoms with van der Waals surface area (Å²) in [6.45, 7) is 6.00. The monoisotopic (exact) mass is 344 g/mol. The fourth-order valence-corrected chi connectivity index (χ4v) is 3.00. The van der Waals surface area contributed by atoms with E-state index < -0.39 is 0 Å². The lowest BCUT2D eigenvalue weighted by Gasteiger charge is -2.31. The molecule has 1 aromatic heterocycles. The van der Waals surface area contributed by atoms with Gasteiger partial charge < -0.3 is 10.2 Å². The minimum atomic E-state index is -0.278. The van der Waals surface area contributed by atoms with Gasteiger partial charge >= 0.3 is 0 Å². The van der Waals surface area contributed by atoms with E-state index in [1.807, 2.05) is 19.1 Å². The molecule has 1 aliphatic rings. The second-order valence-corrected chi connectivity index (χ2v) is 6.67. The van der Waals surface area contributed by atoms with Crippen molar-refractivity contribution in [2.24, 2.45) is 5.92 Å². The lowest BCUT2D eigenvalue weighted by molar-refractivity contribution is 0.102. The number of piperidine rings is 1. The second kappa shape index (κ2) is 7.18. The summed E-state index contributed by atoms with van der Waals surface area (Å²) < 4.78 is 0.